The molecule has 0 unspecified atom stereocenters. The molecule has 0 aliphatic carbocycles. The van der Waals surface area contributed by atoms with E-state index in [2.05, 4.69) is 49.9 Å². The summed E-state index contributed by atoms with van der Waals surface area (Å²) in [5.41, 5.74) is 8.19. The Bertz CT molecular complexity index is 7570. The van der Waals surface area contributed by atoms with Crippen molar-refractivity contribution >= 4 is 83.6 Å². The fraction of sp³-hybridized carbons (Fsp3) is 0.0426. The van der Waals surface area contributed by atoms with Crippen molar-refractivity contribution in [1.82, 2.24) is 14.1 Å². The largest absolute Gasteiger partial charge is 0.510 e. The fourth-order valence-corrected chi connectivity index (χ4v) is 17.8. The van der Waals surface area contributed by atoms with Crippen molar-refractivity contribution in [2.75, 3.05) is 0 Å². The van der Waals surface area contributed by atoms with E-state index in [1.54, 1.807) is 57.8 Å². The quantitative estimate of drug-likeness (QED) is 0.0561. The van der Waals surface area contributed by atoms with Gasteiger partial charge in [0.15, 0.2) is 8.07 Å². The maximum absolute atomic E-state index is 10.9. The molecule has 0 saturated carbocycles. The molecule has 488 valence electrons. The van der Waals surface area contributed by atoms with Crippen molar-refractivity contribution in [3.05, 3.63) is 357 Å². The number of para-hydroxylation sites is 3. The van der Waals surface area contributed by atoms with Crippen molar-refractivity contribution in [2.24, 2.45) is 0 Å². The maximum atomic E-state index is 10.9. The number of rotatable bonds is 11. The van der Waals surface area contributed by atoms with E-state index in [1.165, 1.54) is 6.07 Å². The van der Waals surface area contributed by atoms with E-state index >= 15 is 0 Å². The molecule has 1 aliphatic rings. The topological polar surface area (TPSA) is 49.0 Å². The summed E-state index contributed by atoms with van der Waals surface area (Å²) < 4.78 is 248. The summed E-state index contributed by atoms with van der Waals surface area (Å²) in [6.07, 6.45) is 5.51. The van der Waals surface area contributed by atoms with Crippen LogP contribution in [0.1, 0.15) is 59.2 Å². The first-order valence-corrected chi connectivity index (χ1v) is 34.5. The molecule has 0 bridgehead atoms. The van der Waals surface area contributed by atoms with E-state index in [1.807, 2.05) is 127 Å². The summed E-state index contributed by atoms with van der Waals surface area (Å²) in [4.78, 5) is 4.89. The summed E-state index contributed by atoms with van der Waals surface area (Å²) in [5.74, 6) is 1.25. The summed E-state index contributed by atoms with van der Waals surface area (Å²) in [6, 6.07) is 39.0. The Labute approximate surface area is 641 Å². The Morgan fingerprint density at radius 2 is 1.04 bits per heavy atom. The van der Waals surface area contributed by atoms with Crippen molar-refractivity contribution in [3.8, 4) is 95.5 Å². The standard InChI is InChI=1S/C94H64N4O2Si.Pt/c1-94(2,3)67-51-52-95-91(58-67)98-86-43-20-18-39-79(86)80-49-47-70(60-87(80)98)99-69-29-23-28-68(59-69)96-61-97-92-75(62-25-8-4-9-26-62)41-24-42-82(92)83-54-64(63-27-22-36-74(53-63)101(71-30-10-5-11-31-71,72-32-12-6-13-33-72)73-34-14-7-15-35-73)45-48-78(83)76-37-16-17-38-77(76)85-56-66(57-88(96)93(85)97)65-46-50-90-84(55-65)81-40-19-21-44-89(81)100-90;/h4-58H,1-3H3;/q-2;/i4D,5D,6D,7D,8D,9D,10D,11D,12D,13D,14D,15D,22D,25D,26D,27D,30D,31D,32D,33D,34D,35D,36D,53D;. The number of imidazole rings is 1. The van der Waals surface area contributed by atoms with Gasteiger partial charge in [0.2, 0.25) is 0 Å². The number of fused-ring (bicyclic) bond motifs is 13. The Morgan fingerprint density at radius 3 is 1.79 bits per heavy atom. The fourth-order valence-electron chi connectivity index (χ4n) is 14.2. The number of hydrogen-bond acceptors (Lipinski definition) is 3. The van der Waals surface area contributed by atoms with Crippen LogP contribution in [0.25, 0.3) is 139 Å². The van der Waals surface area contributed by atoms with Crippen LogP contribution in [0.2, 0.25) is 0 Å². The van der Waals surface area contributed by atoms with Crippen LogP contribution in [-0.4, -0.2) is 22.2 Å². The number of benzene rings is 14. The van der Waals surface area contributed by atoms with Crippen LogP contribution in [-0.2, 0) is 26.5 Å². The SMILES string of the molecule is [2H]c1c([2H])c([2H])c(-c2cccc3c2-[n+]2[c-]n(-c4[c-]c(Oc5[c-]c6c(cc5)c5ccccc5n6-c5cc(C(C)(C)C)ccn5)ccc4)c4cc(-c5ccc6oc7ccccc7c6c5)cc(c42)-c2ccccc2-c2ccc(-c4c([2H])c([2H])c([2H])c([Si](c5c([2H])c([2H])c([2H])c([2H])c5[2H])(c5c([2H])c([2H])c([2H])c([2H])c5[2H])c5c([2H])c([2H])c([2H])c([2H])c5[2H])c4[2H])cc2-3)c([2H])c1[2H].[Pt]. The molecule has 0 radical (unpaired) electrons. The second-order valence-electron chi connectivity index (χ2n) is 25.6. The average Bonchev–Trinajstić information content (AvgIpc) is 0.944. The molecule has 5 heterocycles. The second-order valence-corrected chi connectivity index (χ2v) is 29.1. The van der Waals surface area contributed by atoms with E-state index in [0.717, 1.165) is 38.2 Å². The molecule has 18 aromatic rings. The summed E-state index contributed by atoms with van der Waals surface area (Å²) in [5, 5.41) is -0.462. The zero-order valence-electron chi connectivity index (χ0n) is 78.3. The monoisotopic (exact) mass is 1530 g/mol. The second kappa shape index (κ2) is 25.0. The number of pyridine rings is 1. The molecule has 0 amide bonds. The van der Waals surface area contributed by atoms with Crippen LogP contribution >= 0.6 is 0 Å². The van der Waals surface area contributed by atoms with Gasteiger partial charge in [0.05, 0.1) is 49.6 Å². The van der Waals surface area contributed by atoms with Crippen LogP contribution in [0, 0.1) is 18.5 Å². The Balaban J connectivity index is 0.0000108. The minimum atomic E-state index is -6.34. The molecule has 19 rings (SSSR count). The van der Waals surface area contributed by atoms with Crippen molar-refractivity contribution in [2.45, 2.75) is 26.2 Å². The number of ether oxygens (including phenoxy) is 1. The number of aromatic nitrogens is 4. The molecule has 0 N–H and O–H groups in total. The molecule has 102 heavy (non-hydrogen) atoms. The number of hydrogen-bond donors (Lipinski definition) is 0. The Hall–Kier alpha value is -12.0. The zero-order valence-corrected chi connectivity index (χ0v) is 57.6. The van der Waals surface area contributed by atoms with Crippen LogP contribution in [0.3, 0.4) is 0 Å². The molecule has 1 aliphatic heterocycles. The van der Waals surface area contributed by atoms with Gasteiger partial charge in [0, 0.05) is 55.1 Å². The van der Waals surface area contributed by atoms with Gasteiger partial charge in [-0.15, -0.1) is 29.7 Å². The summed E-state index contributed by atoms with van der Waals surface area (Å²) >= 11 is 0. The van der Waals surface area contributed by atoms with Gasteiger partial charge in [0.1, 0.15) is 17.0 Å². The molecule has 14 aromatic carbocycles. The molecule has 0 fully saturated rings. The van der Waals surface area contributed by atoms with Crippen molar-refractivity contribution in [1.29, 1.82) is 0 Å². The van der Waals surface area contributed by atoms with Crippen LogP contribution < -0.4 is 30.1 Å². The van der Waals surface area contributed by atoms with Gasteiger partial charge in [-0.05, 0) is 158 Å². The van der Waals surface area contributed by atoms with Crippen molar-refractivity contribution < 1.29 is 67.7 Å². The molecule has 8 heteroatoms. The number of nitrogens with zero attached hydrogens (tertiary/aromatic N) is 4. The van der Waals surface area contributed by atoms with Crippen LogP contribution in [0.5, 0.6) is 11.5 Å². The van der Waals surface area contributed by atoms with Gasteiger partial charge in [-0.25, -0.2) is 4.98 Å². The first-order valence-electron chi connectivity index (χ1n) is 44.5. The Kier molecular flexibility index (Phi) is 10.2. The molecule has 6 nitrogen and oxygen atoms in total. The van der Waals surface area contributed by atoms with Gasteiger partial charge >= 0.3 is 0 Å². The van der Waals surface area contributed by atoms with Crippen LogP contribution in [0.4, 0.5) is 0 Å². The zero-order chi connectivity index (χ0) is 88.2. The summed E-state index contributed by atoms with van der Waals surface area (Å²) in [6.45, 7) is 6.42. The van der Waals surface area contributed by atoms with E-state index < -0.39 is 179 Å². The molecule has 4 aromatic heterocycles. The van der Waals surface area contributed by atoms with E-state index in [0.29, 0.717) is 72.8 Å². The third-order valence-electron chi connectivity index (χ3n) is 18.8. The van der Waals surface area contributed by atoms with Gasteiger partial charge in [-0.1, -0.05) is 274 Å². The molecule has 0 atom stereocenters. The molecular formula is C94H64N4O2PtSi-2. The first-order chi connectivity index (χ1) is 59.6. The van der Waals surface area contributed by atoms with Crippen molar-refractivity contribution in [3.63, 3.8) is 0 Å². The average molecular weight is 1530 g/mol. The van der Waals surface area contributed by atoms with E-state index in [9.17, 15) is 27.4 Å². The first kappa shape index (κ1) is 41.5. The number of furan rings is 1. The molecule has 0 saturated heterocycles. The van der Waals surface area contributed by atoms with Gasteiger partial charge < -0.3 is 18.3 Å². The minimum absolute atomic E-state index is 0. The normalized spacial score (nSPS) is 15.3. The van der Waals surface area contributed by atoms with Gasteiger partial charge in [-0.2, -0.15) is 18.2 Å². The maximum Gasteiger partial charge on any atom is 0.268 e. The third-order valence-corrected chi connectivity index (χ3v) is 22.8. The molecular weight excluding hydrogens is 1440 g/mol. The Morgan fingerprint density at radius 1 is 0.441 bits per heavy atom. The van der Waals surface area contributed by atoms with Crippen LogP contribution in [0.15, 0.2) is 338 Å². The van der Waals surface area contributed by atoms with Gasteiger partial charge in [0.25, 0.3) is 6.33 Å². The van der Waals surface area contributed by atoms with E-state index in [-0.39, 0.29) is 65.7 Å². The molecule has 0 spiro atoms. The predicted octanol–water partition coefficient (Wildman–Crippen LogP) is 20.5. The van der Waals surface area contributed by atoms with Gasteiger partial charge in [-0.3, -0.25) is 4.57 Å². The third kappa shape index (κ3) is 10.3. The predicted molar refractivity (Wildman–Crippen MR) is 416 cm³/mol. The smallest absolute Gasteiger partial charge is 0.268 e. The summed E-state index contributed by atoms with van der Waals surface area (Å²) in [7, 11) is -6.34. The van der Waals surface area contributed by atoms with E-state index in [4.69, 9.17) is 19.6 Å². The minimum Gasteiger partial charge on any atom is -0.510 e.